The molecule has 0 aromatic heterocycles. The molecule has 5 heteroatoms. The van der Waals surface area contributed by atoms with Crippen molar-refractivity contribution in [3.05, 3.63) is 12.7 Å². The average Bonchev–Trinajstić information content (AvgIpc) is 2.78. The van der Waals surface area contributed by atoms with Crippen molar-refractivity contribution in [2.75, 3.05) is 7.11 Å². The number of aliphatic hydroxyl groups excluding tert-OH is 1. The van der Waals surface area contributed by atoms with Gasteiger partial charge in [-0.15, -0.1) is 6.58 Å². The smallest absolute Gasteiger partial charge is 0.190 e. The quantitative estimate of drug-likeness (QED) is 0.770. The van der Waals surface area contributed by atoms with Crippen molar-refractivity contribution in [1.82, 2.24) is 0 Å². The van der Waals surface area contributed by atoms with Gasteiger partial charge >= 0.3 is 0 Å². The maximum atomic E-state index is 10.4. The van der Waals surface area contributed by atoms with Gasteiger partial charge in [-0.25, -0.2) is 0 Å². The van der Waals surface area contributed by atoms with Gasteiger partial charge in [0.2, 0.25) is 0 Å². The largest absolute Gasteiger partial charge is 0.390 e. The highest BCUT2D eigenvalue weighted by Crippen LogP contribution is 2.46. The molecule has 0 saturated carbocycles. The van der Waals surface area contributed by atoms with Crippen LogP contribution in [0.15, 0.2) is 12.7 Å². The van der Waals surface area contributed by atoms with E-state index in [4.69, 9.17) is 18.9 Å². The second-order valence-corrected chi connectivity index (χ2v) is 5.59. The Morgan fingerprint density at radius 3 is 2.58 bits per heavy atom. The lowest BCUT2D eigenvalue weighted by atomic mass is 9.85. The number of methoxy groups -OCH3 is 1. The van der Waals surface area contributed by atoms with Crippen molar-refractivity contribution in [2.45, 2.75) is 69.6 Å². The molecule has 2 aliphatic rings. The fourth-order valence-electron chi connectivity index (χ4n) is 3.09. The lowest BCUT2D eigenvalue weighted by molar-refractivity contribution is -0.261. The number of hydrogen-bond donors (Lipinski definition) is 1. The standard InChI is InChI=1S/C14H24O5/c1-6-8-9(15)14(7-2)11(16-5)10-12(19-14)18-13(3,4)17-10/h6,9-12,15H,1,7-8H2,2-5H3/t9-,10+,11-,12-,14-/m0/s1. The Hall–Kier alpha value is -0.460. The molecule has 110 valence electrons. The fourth-order valence-corrected chi connectivity index (χ4v) is 3.09. The van der Waals surface area contributed by atoms with Crippen molar-refractivity contribution in [3.8, 4) is 0 Å². The van der Waals surface area contributed by atoms with Crippen LogP contribution in [0.2, 0.25) is 0 Å². The summed E-state index contributed by atoms with van der Waals surface area (Å²) in [6, 6.07) is 0. The van der Waals surface area contributed by atoms with Crippen molar-refractivity contribution in [3.63, 3.8) is 0 Å². The Labute approximate surface area is 114 Å². The lowest BCUT2D eigenvalue weighted by Gasteiger charge is -2.38. The van der Waals surface area contributed by atoms with E-state index in [0.29, 0.717) is 12.8 Å². The first kappa shape index (κ1) is 14.9. The Morgan fingerprint density at radius 1 is 1.37 bits per heavy atom. The highest BCUT2D eigenvalue weighted by molar-refractivity contribution is 5.08. The van der Waals surface area contributed by atoms with Crippen LogP contribution in [-0.4, -0.2) is 48.2 Å². The number of fused-ring (bicyclic) bond motifs is 1. The van der Waals surface area contributed by atoms with Crippen LogP contribution in [0, 0.1) is 0 Å². The molecule has 0 aromatic carbocycles. The summed E-state index contributed by atoms with van der Waals surface area (Å²) >= 11 is 0. The summed E-state index contributed by atoms with van der Waals surface area (Å²) < 4.78 is 23.2. The summed E-state index contributed by atoms with van der Waals surface area (Å²) in [4.78, 5) is 0. The van der Waals surface area contributed by atoms with Crippen LogP contribution in [-0.2, 0) is 18.9 Å². The molecule has 0 aliphatic carbocycles. The van der Waals surface area contributed by atoms with E-state index in [0.717, 1.165) is 0 Å². The number of ether oxygens (including phenoxy) is 4. The molecule has 2 aliphatic heterocycles. The molecular weight excluding hydrogens is 248 g/mol. The minimum Gasteiger partial charge on any atom is -0.390 e. The second kappa shape index (κ2) is 5.14. The van der Waals surface area contributed by atoms with Crippen molar-refractivity contribution >= 4 is 0 Å². The van der Waals surface area contributed by atoms with Gasteiger partial charge < -0.3 is 24.1 Å². The molecule has 0 aromatic rings. The van der Waals surface area contributed by atoms with E-state index in [2.05, 4.69) is 6.58 Å². The molecule has 0 unspecified atom stereocenters. The van der Waals surface area contributed by atoms with Crippen molar-refractivity contribution in [1.29, 1.82) is 0 Å². The van der Waals surface area contributed by atoms with Gasteiger partial charge in [-0.3, -0.25) is 0 Å². The SMILES string of the molecule is C=CC[C@H](O)[C@]1(CC)O[C@@H]2OC(C)(C)O[C@@H]2[C@@H]1OC. The van der Waals surface area contributed by atoms with Crippen molar-refractivity contribution < 1.29 is 24.1 Å². The fraction of sp³-hybridized carbons (Fsp3) is 0.857. The summed E-state index contributed by atoms with van der Waals surface area (Å²) in [6.07, 6.45) is 0.855. The molecule has 0 bridgehead atoms. The molecule has 1 N–H and O–H groups in total. The molecular formula is C14H24O5. The first-order valence-electron chi connectivity index (χ1n) is 6.75. The van der Waals surface area contributed by atoms with E-state index in [-0.39, 0.29) is 12.2 Å². The van der Waals surface area contributed by atoms with Gasteiger partial charge in [-0.1, -0.05) is 13.0 Å². The summed E-state index contributed by atoms with van der Waals surface area (Å²) in [5.74, 6) is -0.685. The van der Waals surface area contributed by atoms with Gasteiger partial charge in [-0.2, -0.15) is 0 Å². The van der Waals surface area contributed by atoms with Gasteiger partial charge in [0.15, 0.2) is 12.1 Å². The predicted octanol–water partition coefficient (Wildman–Crippen LogP) is 1.59. The Balaban J connectivity index is 2.26. The number of aliphatic hydroxyl groups is 1. The zero-order valence-electron chi connectivity index (χ0n) is 12.1. The minimum atomic E-state index is -0.811. The molecule has 0 spiro atoms. The summed E-state index contributed by atoms with van der Waals surface area (Å²) in [6.45, 7) is 9.31. The number of rotatable bonds is 5. The van der Waals surface area contributed by atoms with E-state index in [1.807, 2.05) is 20.8 Å². The monoisotopic (exact) mass is 272 g/mol. The maximum Gasteiger partial charge on any atom is 0.190 e. The van der Waals surface area contributed by atoms with Crippen LogP contribution in [0.3, 0.4) is 0 Å². The highest BCUT2D eigenvalue weighted by Gasteiger charge is 2.63. The molecule has 0 amide bonds. The second-order valence-electron chi connectivity index (χ2n) is 5.59. The molecule has 2 fully saturated rings. The Bertz CT molecular complexity index is 343. The van der Waals surface area contributed by atoms with E-state index >= 15 is 0 Å². The van der Waals surface area contributed by atoms with E-state index in [1.54, 1.807) is 13.2 Å². The first-order valence-corrected chi connectivity index (χ1v) is 6.75. The molecule has 5 nitrogen and oxygen atoms in total. The van der Waals surface area contributed by atoms with Crippen LogP contribution < -0.4 is 0 Å². The molecule has 2 heterocycles. The van der Waals surface area contributed by atoms with Crippen LogP contribution in [0.4, 0.5) is 0 Å². The van der Waals surface area contributed by atoms with Gasteiger partial charge in [-0.05, 0) is 26.7 Å². The zero-order chi connectivity index (χ0) is 14.3. The van der Waals surface area contributed by atoms with Gasteiger partial charge in [0.1, 0.15) is 17.8 Å². The normalized spacial score (nSPS) is 42.1. The average molecular weight is 272 g/mol. The summed E-state index contributed by atoms with van der Waals surface area (Å²) in [7, 11) is 1.61. The third-order valence-corrected chi connectivity index (χ3v) is 3.96. The molecule has 2 rings (SSSR count). The van der Waals surface area contributed by atoms with Crippen molar-refractivity contribution in [2.24, 2.45) is 0 Å². The topological polar surface area (TPSA) is 57.2 Å². The van der Waals surface area contributed by atoms with Crippen LogP contribution in [0.25, 0.3) is 0 Å². The zero-order valence-corrected chi connectivity index (χ0v) is 12.1. The van der Waals surface area contributed by atoms with Crippen LogP contribution >= 0.6 is 0 Å². The third-order valence-electron chi connectivity index (χ3n) is 3.96. The van der Waals surface area contributed by atoms with Crippen LogP contribution in [0.1, 0.15) is 33.6 Å². The minimum absolute atomic E-state index is 0.320. The van der Waals surface area contributed by atoms with Gasteiger partial charge in [0.25, 0.3) is 0 Å². The first-order chi connectivity index (χ1) is 8.90. The Kier molecular flexibility index (Phi) is 4.05. The van der Waals surface area contributed by atoms with E-state index in [1.165, 1.54) is 0 Å². The van der Waals surface area contributed by atoms with Crippen LogP contribution in [0.5, 0.6) is 0 Å². The molecule has 5 atom stereocenters. The molecule has 0 radical (unpaired) electrons. The van der Waals surface area contributed by atoms with Gasteiger partial charge in [0.05, 0.1) is 6.10 Å². The highest BCUT2D eigenvalue weighted by atomic mass is 16.8. The summed E-state index contributed by atoms with van der Waals surface area (Å²) in [5.41, 5.74) is -0.811. The third kappa shape index (κ3) is 2.34. The number of hydrogen-bond acceptors (Lipinski definition) is 5. The van der Waals surface area contributed by atoms with E-state index < -0.39 is 23.8 Å². The van der Waals surface area contributed by atoms with E-state index in [9.17, 15) is 5.11 Å². The molecule has 2 saturated heterocycles. The predicted molar refractivity (Wildman–Crippen MR) is 69.5 cm³/mol. The Morgan fingerprint density at radius 2 is 2.05 bits per heavy atom. The summed E-state index contributed by atoms with van der Waals surface area (Å²) in [5, 5.41) is 10.4. The lowest BCUT2D eigenvalue weighted by Crippen LogP contribution is -2.53. The molecule has 19 heavy (non-hydrogen) atoms. The maximum absolute atomic E-state index is 10.4. The van der Waals surface area contributed by atoms with Gasteiger partial charge in [0, 0.05) is 7.11 Å².